The molecule has 1 radical (unpaired) electrons. The monoisotopic (exact) mass is 302 g/mol. The molecule has 0 saturated carbocycles. The standard InChI is InChI=1S/C16H13ClNO3/c17-10-5-6-12(15(7-10)19-11-8-18-9-11)16-20-13-3-1-2-4-14(13)21-16/h1,3-7,11,16,18H,8-9H2. The van der Waals surface area contributed by atoms with E-state index in [1.807, 2.05) is 18.2 Å². The smallest absolute Gasteiger partial charge is 0.271 e. The van der Waals surface area contributed by atoms with Crippen molar-refractivity contribution < 1.29 is 14.2 Å². The summed E-state index contributed by atoms with van der Waals surface area (Å²) >= 11 is 6.08. The maximum absolute atomic E-state index is 6.08. The lowest BCUT2D eigenvalue weighted by molar-refractivity contribution is 0.0424. The number of hydrogen-bond donors (Lipinski definition) is 1. The second-order valence-corrected chi connectivity index (χ2v) is 5.46. The van der Waals surface area contributed by atoms with Gasteiger partial charge in [-0.1, -0.05) is 17.7 Å². The lowest BCUT2D eigenvalue weighted by Gasteiger charge is -2.29. The zero-order valence-electron chi connectivity index (χ0n) is 11.1. The van der Waals surface area contributed by atoms with E-state index in [9.17, 15) is 0 Å². The maximum atomic E-state index is 6.08. The van der Waals surface area contributed by atoms with E-state index in [1.54, 1.807) is 18.2 Å². The molecule has 1 saturated heterocycles. The Morgan fingerprint density at radius 1 is 1.19 bits per heavy atom. The molecule has 1 N–H and O–H groups in total. The Labute approximate surface area is 127 Å². The molecule has 0 aromatic heterocycles. The molecule has 4 nitrogen and oxygen atoms in total. The highest BCUT2D eigenvalue weighted by Gasteiger charge is 2.29. The fourth-order valence-electron chi connectivity index (χ4n) is 2.30. The number of nitrogens with one attached hydrogen (secondary N) is 1. The van der Waals surface area contributed by atoms with Gasteiger partial charge in [-0.05, 0) is 36.4 Å². The van der Waals surface area contributed by atoms with Crippen LogP contribution in [0.1, 0.15) is 11.9 Å². The molecule has 2 aliphatic rings. The van der Waals surface area contributed by atoms with E-state index in [0.717, 1.165) is 18.7 Å². The van der Waals surface area contributed by atoms with E-state index < -0.39 is 6.29 Å². The Hall–Kier alpha value is -1.91. The molecular weight excluding hydrogens is 290 g/mol. The van der Waals surface area contributed by atoms with Crippen LogP contribution in [-0.4, -0.2) is 19.2 Å². The third-order valence-electron chi connectivity index (χ3n) is 3.52. The first kappa shape index (κ1) is 12.8. The summed E-state index contributed by atoms with van der Waals surface area (Å²) in [6.07, 6.45) is -0.351. The van der Waals surface area contributed by atoms with Gasteiger partial charge in [0.1, 0.15) is 11.9 Å². The van der Waals surface area contributed by atoms with Gasteiger partial charge in [0.2, 0.25) is 0 Å². The van der Waals surface area contributed by atoms with E-state index >= 15 is 0 Å². The summed E-state index contributed by atoms with van der Waals surface area (Å²) < 4.78 is 17.6. The topological polar surface area (TPSA) is 39.7 Å². The van der Waals surface area contributed by atoms with Crippen molar-refractivity contribution in [2.24, 2.45) is 0 Å². The van der Waals surface area contributed by atoms with Crippen LogP contribution in [0.15, 0.2) is 36.4 Å². The molecule has 2 aliphatic heterocycles. The van der Waals surface area contributed by atoms with Gasteiger partial charge < -0.3 is 19.5 Å². The van der Waals surface area contributed by atoms with E-state index in [4.69, 9.17) is 25.8 Å². The minimum atomic E-state index is -0.517. The zero-order valence-corrected chi connectivity index (χ0v) is 11.9. The number of ether oxygens (including phenoxy) is 3. The summed E-state index contributed by atoms with van der Waals surface area (Å²) in [5.41, 5.74) is 0.836. The molecular formula is C16H13ClNO3. The first-order valence-electron chi connectivity index (χ1n) is 6.80. The molecule has 0 aliphatic carbocycles. The molecule has 2 aromatic carbocycles. The second kappa shape index (κ2) is 5.13. The second-order valence-electron chi connectivity index (χ2n) is 5.02. The number of halogens is 1. The van der Waals surface area contributed by atoms with E-state index in [2.05, 4.69) is 11.4 Å². The predicted molar refractivity (Wildman–Crippen MR) is 78.0 cm³/mol. The number of fused-ring (bicyclic) bond motifs is 1. The minimum Gasteiger partial charge on any atom is -0.487 e. The lowest BCUT2D eigenvalue weighted by atomic mass is 10.1. The number of benzene rings is 2. The summed E-state index contributed by atoms with van der Waals surface area (Å²) in [6, 6.07) is 13.9. The molecule has 2 heterocycles. The van der Waals surface area contributed by atoms with Crippen LogP contribution in [0.25, 0.3) is 0 Å². The predicted octanol–water partition coefficient (Wildman–Crippen LogP) is 2.96. The Morgan fingerprint density at radius 3 is 2.81 bits per heavy atom. The molecule has 1 fully saturated rings. The van der Waals surface area contributed by atoms with Crippen LogP contribution in [0, 0.1) is 6.07 Å². The fourth-order valence-corrected chi connectivity index (χ4v) is 2.46. The lowest BCUT2D eigenvalue weighted by Crippen LogP contribution is -2.50. The van der Waals surface area contributed by atoms with Gasteiger partial charge in [0.15, 0.2) is 11.5 Å². The highest BCUT2D eigenvalue weighted by atomic mass is 35.5. The largest absolute Gasteiger partial charge is 0.487 e. The van der Waals surface area contributed by atoms with Crippen molar-refractivity contribution in [2.45, 2.75) is 12.4 Å². The van der Waals surface area contributed by atoms with Crippen molar-refractivity contribution >= 4 is 11.6 Å². The molecule has 1 atom stereocenters. The highest BCUT2D eigenvalue weighted by Crippen LogP contribution is 2.42. The van der Waals surface area contributed by atoms with Crippen LogP contribution < -0.4 is 19.5 Å². The maximum Gasteiger partial charge on any atom is 0.271 e. The molecule has 0 amide bonds. The molecule has 0 bridgehead atoms. The Balaban J connectivity index is 1.63. The summed E-state index contributed by atoms with van der Waals surface area (Å²) in [5.74, 6) is 2.11. The quantitative estimate of drug-likeness (QED) is 0.946. The molecule has 2 aromatic rings. The SMILES string of the molecule is Clc1ccc(C2Oc3c[c]ccc3O2)c(OC2CNC2)c1. The number of hydrogen-bond acceptors (Lipinski definition) is 4. The van der Waals surface area contributed by atoms with Gasteiger partial charge in [-0.3, -0.25) is 0 Å². The average molecular weight is 303 g/mol. The van der Waals surface area contributed by atoms with Crippen molar-refractivity contribution in [3.8, 4) is 17.2 Å². The fraction of sp³-hybridized carbons (Fsp3) is 0.250. The third kappa shape index (κ3) is 2.41. The van der Waals surface area contributed by atoms with E-state index in [0.29, 0.717) is 22.3 Å². The molecule has 4 rings (SSSR count). The van der Waals surface area contributed by atoms with Crippen molar-refractivity contribution in [3.05, 3.63) is 53.1 Å². The minimum absolute atomic E-state index is 0.166. The first-order chi connectivity index (χ1) is 10.3. The summed E-state index contributed by atoms with van der Waals surface area (Å²) in [5, 5.41) is 3.80. The molecule has 0 spiro atoms. The normalized spacial score (nSPS) is 17.6. The Kier molecular flexibility index (Phi) is 3.13. The van der Waals surface area contributed by atoms with Gasteiger partial charge >= 0.3 is 0 Å². The van der Waals surface area contributed by atoms with Crippen LogP contribution >= 0.6 is 11.6 Å². The zero-order chi connectivity index (χ0) is 14.2. The van der Waals surface area contributed by atoms with Gasteiger partial charge in [-0.2, -0.15) is 0 Å². The van der Waals surface area contributed by atoms with E-state index in [1.165, 1.54) is 0 Å². The van der Waals surface area contributed by atoms with Crippen LogP contribution in [0.4, 0.5) is 0 Å². The van der Waals surface area contributed by atoms with Gasteiger partial charge in [0, 0.05) is 18.1 Å². The third-order valence-corrected chi connectivity index (χ3v) is 3.76. The summed E-state index contributed by atoms with van der Waals surface area (Å²) in [6.45, 7) is 1.68. The van der Waals surface area contributed by atoms with Crippen molar-refractivity contribution in [1.82, 2.24) is 5.32 Å². The summed E-state index contributed by atoms with van der Waals surface area (Å²) in [4.78, 5) is 0. The van der Waals surface area contributed by atoms with Gasteiger partial charge in [-0.15, -0.1) is 0 Å². The first-order valence-corrected chi connectivity index (χ1v) is 7.17. The van der Waals surface area contributed by atoms with Gasteiger partial charge in [0.05, 0.1) is 5.56 Å². The average Bonchev–Trinajstić information content (AvgIpc) is 2.86. The van der Waals surface area contributed by atoms with Crippen LogP contribution in [0.2, 0.25) is 5.02 Å². The van der Waals surface area contributed by atoms with Crippen LogP contribution in [0.3, 0.4) is 0 Å². The number of rotatable bonds is 3. The molecule has 5 heteroatoms. The van der Waals surface area contributed by atoms with Crippen molar-refractivity contribution in [2.75, 3.05) is 13.1 Å². The van der Waals surface area contributed by atoms with Crippen molar-refractivity contribution in [1.29, 1.82) is 0 Å². The summed E-state index contributed by atoms with van der Waals surface area (Å²) in [7, 11) is 0. The Morgan fingerprint density at radius 2 is 2.05 bits per heavy atom. The van der Waals surface area contributed by atoms with Gasteiger partial charge in [0.25, 0.3) is 6.29 Å². The van der Waals surface area contributed by atoms with E-state index in [-0.39, 0.29) is 6.10 Å². The van der Waals surface area contributed by atoms with Crippen LogP contribution in [-0.2, 0) is 0 Å². The molecule has 1 unspecified atom stereocenters. The van der Waals surface area contributed by atoms with Crippen LogP contribution in [0.5, 0.6) is 17.2 Å². The van der Waals surface area contributed by atoms with Gasteiger partial charge in [-0.25, -0.2) is 0 Å². The van der Waals surface area contributed by atoms with Crippen molar-refractivity contribution in [3.63, 3.8) is 0 Å². The molecule has 21 heavy (non-hydrogen) atoms. The Bertz CT molecular complexity index is 647. The highest BCUT2D eigenvalue weighted by molar-refractivity contribution is 6.30. The molecule has 107 valence electrons.